The summed E-state index contributed by atoms with van der Waals surface area (Å²) in [5.74, 6) is 0.467. The van der Waals surface area contributed by atoms with Crippen LogP contribution in [0.4, 0.5) is 13.2 Å². The summed E-state index contributed by atoms with van der Waals surface area (Å²) in [5, 5.41) is 0. The molecule has 4 heteroatoms. The summed E-state index contributed by atoms with van der Waals surface area (Å²) in [6.07, 6.45) is -2.65. The first-order chi connectivity index (χ1) is 7.31. The summed E-state index contributed by atoms with van der Waals surface area (Å²) < 4.78 is 36.9. The molecule has 0 heterocycles. The minimum atomic E-state index is -4.26. The lowest BCUT2D eigenvalue weighted by Crippen LogP contribution is -2.27. The summed E-state index contributed by atoms with van der Waals surface area (Å²) in [4.78, 5) is 0. The molecule has 0 aromatic heterocycles. The second-order valence-corrected chi connectivity index (χ2v) is 4.71. The zero-order valence-electron chi connectivity index (χ0n) is 9.01. The molecule has 1 nitrogen and oxygen atoms in total. The van der Waals surface area contributed by atoms with Crippen LogP contribution >= 0.6 is 0 Å². The van der Waals surface area contributed by atoms with Gasteiger partial charge in [-0.2, -0.15) is 13.2 Å². The van der Waals surface area contributed by atoms with Gasteiger partial charge in [0.25, 0.3) is 0 Å². The lowest BCUT2D eigenvalue weighted by Gasteiger charge is -2.11. The second-order valence-electron chi connectivity index (χ2n) is 4.71. The first-order valence-electron chi connectivity index (χ1n) is 5.26. The van der Waals surface area contributed by atoms with Crippen LogP contribution in [0.15, 0.2) is 24.3 Å². The summed E-state index contributed by atoms with van der Waals surface area (Å²) in [6.45, 7) is 2.06. The van der Waals surface area contributed by atoms with Crippen LogP contribution < -0.4 is 5.73 Å². The molecular weight excluding hydrogens is 215 g/mol. The number of alkyl halides is 3. The summed E-state index contributed by atoms with van der Waals surface area (Å²) in [7, 11) is 0. The molecule has 0 radical (unpaired) electrons. The Hall–Kier alpha value is -1.03. The summed E-state index contributed by atoms with van der Waals surface area (Å²) in [6, 6.07) is 5.27. The van der Waals surface area contributed by atoms with Gasteiger partial charge in [0.1, 0.15) is 0 Å². The highest BCUT2D eigenvalue weighted by atomic mass is 19.4. The Kier molecular flexibility index (Phi) is 2.49. The maximum Gasteiger partial charge on any atom is 0.416 e. The predicted molar refractivity (Wildman–Crippen MR) is 55.8 cm³/mol. The average molecular weight is 229 g/mol. The van der Waals surface area contributed by atoms with Gasteiger partial charge in [-0.1, -0.05) is 19.1 Å². The topological polar surface area (TPSA) is 26.0 Å². The average Bonchev–Trinajstić information content (AvgIpc) is 2.73. The predicted octanol–water partition coefficient (Wildman–Crippen LogP) is 2.99. The highest BCUT2D eigenvalue weighted by Crippen LogP contribution is 2.43. The molecule has 0 aliphatic heterocycles. The van der Waals surface area contributed by atoms with E-state index in [9.17, 15) is 13.2 Å². The van der Waals surface area contributed by atoms with Crippen molar-refractivity contribution >= 4 is 0 Å². The minimum Gasteiger partial charge on any atom is -0.325 e. The third kappa shape index (κ3) is 2.21. The van der Waals surface area contributed by atoms with E-state index >= 15 is 0 Å². The molecule has 1 aromatic rings. The molecule has 2 N–H and O–H groups in total. The van der Waals surface area contributed by atoms with E-state index in [-0.39, 0.29) is 5.54 Å². The van der Waals surface area contributed by atoms with Gasteiger partial charge in [0.15, 0.2) is 0 Å². The first-order valence-corrected chi connectivity index (χ1v) is 5.26. The van der Waals surface area contributed by atoms with E-state index in [0.717, 1.165) is 24.1 Å². The van der Waals surface area contributed by atoms with E-state index in [1.54, 1.807) is 0 Å². The lowest BCUT2D eigenvalue weighted by molar-refractivity contribution is -0.137. The molecule has 1 aromatic carbocycles. The van der Waals surface area contributed by atoms with E-state index in [2.05, 4.69) is 6.92 Å². The van der Waals surface area contributed by atoms with Crippen molar-refractivity contribution in [1.29, 1.82) is 0 Å². The number of hydrogen-bond acceptors (Lipinski definition) is 1. The Bertz CT molecular complexity index is 382. The number of benzene rings is 1. The third-order valence-electron chi connectivity index (χ3n) is 3.32. The molecule has 0 spiro atoms. The smallest absolute Gasteiger partial charge is 0.325 e. The molecule has 0 saturated heterocycles. The van der Waals surface area contributed by atoms with E-state index in [0.29, 0.717) is 12.3 Å². The fourth-order valence-corrected chi connectivity index (χ4v) is 1.95. The maximum absolute atomic E-state index is 12.3. The van der Waals surface area contributed by atoms with E-state index < -0.39 is 11.7 Å². The Morgan fingerprint density at radius 2 is 1.81 bits per heavy atom. The molecule has 2 unspecified atom stereocenters. The Morgan fingerprint density at radius 1 is 1.31 bits per heavy atom. The van der Waals surface area contributed by atoms with Gasteiger partial charge in [0.05, 0.1) is 5.56 Å². The molecule has 2 atom stereocenters. The standard InChI is InChI=1S/C12H14F3N/c1-8-6-11(8,16)7-9-2-4-10(5-3-9)12(13,14)15/h2-5,8H,6-7,16H2,1H3. The van der Waals surface area contributed by atoms with E-state index in [1.165, 1.54) is 12.1 Å². The van der Waals surface area contributed by atoms with Crippen molar-refractivity contribution in [2.24, 2.45) is 11.7 Å². The van der Waals surface area contributed by atoms with Crippen molar-refractivity contribution in [2.75, 3.05) is 0 Å². The van der Waals surface area contributed by atoms with Crippen LogP contribution in [0.1, 0.15) is 24.5 Å². The Morgan fingerprint density at radius 3 is 2.19 bits per heavy atom. The summed E-state index contributed by atoms with van der Waals surface area (Å²) >= 11 is 0. The van der Waals surface area contributed by atoms with Crippen molar-refractivity contribution in [3.05, 3.63) is 35.4 Å². The van der Waals surface area contributed by atoms with Crippen LogP contribution in [0.25, 0.3) is 0 Å². The molecule has 16 heavy (non-hydrogen) atoms. The molecule has 0 bridgehead atoms. The van der Waals surface area contributed by atoms with Gasteiger partial charge < -0.3 is 5.73 Å². The van der Waals surface area contributed by atoms with Gasteiger partial charge in [0, 0.05) is 5.54 Å². The number of hydrogen-bond donors (Lipinski definition) is 1. The fourth-order valence-electron chi connectivity index (χ4n) is 1.95. The van der Waals surface area contributed by atoms with Gasteiger partial charge >= 0.3 is 6.18 Å². The van der Waals surface area contributed by atoms with Crippen molar-refractivity contribution in [2.45, 2.75) is 31.5 Å². The van der Waals surface area contributed by atoms with E-state index in [4.69, 9.17) is 5.73 Å². The summed E-state index contributed by atoms with van der Waals surface area (Å²) in [5.41, 5.74) is 6.10. The normalized spacial score (nSPS) is 29.2. The SMILES string of the molecule is CC1CC1(N)Cc1ccc(C(F)(F)F)cc1. The van der Waals surface area contributed by atoms with Gasteiger partial charge in [-0.05, 0) is 36.5 Å². The quantitative estimate of drug-likeness (QED) is 0.828. The van der Waals surface area contributed by atoms with Crippen LogP contribution in [-0.2, 0) is 12.6 Å². The van der Waals surface area contributed by atoms with Crippen molar-refractivity contribution in [1.82, 2.24) is 0 Å². The van der Waals surface area contributed by atoms with Crippen LogP contribution in [0, 0.1) is 5.92 Å². The first kappa shape index (κ1) is 11.5. The maximum atomic E-state index is 12.3. The minimum absolute atomic E-state index is 0.195. The fraction of sp³-hybridized carbons (Fsp3) is 0.500. The van der Waals surface area contributed by atoms with Gasteiger partial charge in [-0.25, -0.2) is 0 Å². The largest absolute Gasteiger partial charge is 0.416 e. The lowest BCUT2D eigenvalue weighted by atomic mass is 10.0. The molecule has 88 valence electrons. The van der Waals surface area contributed by atoms with Crippen LogP contribution in [0.5, 0.6) is 0 Å². The van der Waals surface area contributed by atoms with Gasteiger partial charge in [-0.15, -0.1) is 0 Å². The van der Waals surface area contributed by atoms with Crippen LogP contribution in [0.3, 0.4) is 0 Å². The van der Waals surface area contributed by atoms with Crippen molar-refractivity contribution < 1.29 is 13.2 Å². The Labute approximate surface area is 92.5 Å². The molecule has 0 amide bonds. The zero-order valence-corrected chi connectivity index (χ0v) is 9.01. The molecule has 2 rings (SSSR count). The van der Waals surface area contributed by atoms with Crippen molar-refractivity contribution in [3.8, 4) is 0 Å². The van der Waals surface area contributed by atoms with Crippen molar-refractivity contribution in [3.63, 3.8) is 0 Å². The highest BCUT2D eigenvalue weighted by Gasteiger charge is 2.47. The van der Waals surface area contributed by atoms with E-state index in [1.807, 2.05) is 0 Å². The van der Waals surface area contributed by atoms with Gasteiger partial charge in [0.2, 0.25) is 0 Å². The number of nitrogens with two attached hydrogens (primary N) is 1. The van der Waals surface area contributed by atoms with Crippen LogP contribution in [0.2, 0.25) is 0 Å². The van der Waals surface area contributed by atoms with Gasteiger partial charge in [-0.3, -0.25) is 0 Å². The number of rotatable bonds is 2. The van der Waals surface area contributed by atoms with Crippen LogP contribution in [-0.4, -0.2) is 5.54 Å². The molecule has 1 aliphatic rings. The Balaban J connectivity index is 2.09. The molecule has 1 aliphatic carbocycles. The third-order valence-corrected chi connectivity index (χ3v) is 3.32. The molecular formula is C12H14F3N. The second kappa shape index (κ2) is 3.48. The monoisotopic (exact) mass is 229 g/mol. The highest BCUT2D eigenvalue weighted by molar-refractivity contribution is 5.27. The zero-order chi connectivity index (χ0) is 12.0. The molecule has 1 saturated carbocycles. The number of halogens is 3. The molecule has 1 fully saturated rings.